The highest BCUT2D eigenvalue weighted by atomic mass is 35.5. The average molecular weight is 497 g/mol. The SMILES string of the molecule is CS(=O)(=O)N1CCN(Cc2c(O)c(CN3CCN(c4cccc(Cl)c4)CC3)coc2=O)CC1. The third-order valence-corrected chi connectivity index (χ3v) is 7.80. The van der Waals surface area contributed by atoms with E-state index in [0.717, 1.165) is 31.9 Å². The van der Waals surface area contributed by atoms with E-state index in [-0.39, 0.29) is 17.9 Å². The molecule has 1 aromatic heterocycles. The van der Waals surface area contributed by atoms with E-state index in [4.69, 9.17) is 16.0 Å². The Morgan fingerprint density at radius 1 is 1.00 bits per heavy atom. The molecule has 2 aromatic rings. The molecule has 0 radical (unpaired) electrons. The Labute approximate surface area is 198 Å². The van der Waals surface area contributed by atoms with Crippen LogP contribution < -0.4 is 10.5 Å². The maximum absolute atomic E-state index is 12.3. The highest BCUT2D eigenvalue weighted by molar-refractivity contribution is 7.88. The lowest BCUT2D eigenvalue weighted by Crippen LogP contribution is -2.48. The van der Waals surface area contributed by atoms with Crippen molar-refractivity contribution in [1.29, 1.82) is 0 Å². The van der Waals surface area contributed by atoms with Crippen LogP contribution in [0.2, 0.25) is 5.02 Å². The maximum Gasteiger partial charge on any atom is 0.343 e. The smallest absolute Gasteiger partial charge is 0.343 e. The van der Waals surface area contributed by atoms with Crippen molar-refractivity contribution in [2.45, 2.75) is 13.1 Å². The Kier molecular flexibility index (Phi) is 7.30. The normalized spacial score (nSPS) is 19.2. The second-order valence-electron chi connectivity index (χ2n) is 8.56. The van der Waals surface area contributed by atoms with Gasteiger partial charge in [0.15, 0.2) is 0 Å². The molecule has 2 aliphatic rings. The number of hydrogen-bond acceptors (Lipinski definition) is 8. The molecule has 0 saturated carbocycles. The largest absolute Gasteiger partial charge is 0.507 e. The van der Waals surface area contributed by atoms with Crippen molar-refractivity contribution in [1.82, 2.24) is 14.1 Å². The highest BCUT2D eigenvalue weighted by Crippen LogP contribution is 2.25. The van der Waals surface area contributed by atoms with Crippen molar-refractivity contribution in [2.24, 2.45) is 0 Å². The predicted molar refractivity (Wildman–Crippen MR) is 127 cm³/mol. The van der Waals surface area contributed by atoms with E-state index in [1.165, 1.54) is 16.8 Å². The summed E-state index contributed by atoms with van der Waals surface area (Å²) in [5, 5.41) is 11.5. The van der Waals surface area contributed by atoms with Gasteiger partial charge < -0.3 is 14.4 Å². The van der Waals surface area contributed by atoms with Crippen molar-refractivity contribution in [3.8, 4) is 5.75 Å². The standard InChI is InChI=1S/C22H29ClN4O5S/c1-33(30,31)27-11-7-25(8-12-27)15-20-21(28)17(16-32-22(20)29)14-24-5-9-26(10-6-24)19-4-2-3-18(23)13-19/h2-4,13,16,28H,5-12,14-15H2,1H3. The molecule has 0 bridgehead atoms. The summed E-state index contributed by atoms with van der Waals surface area (Å²) in [5.74, 6) is -0.0333. The van der Waals surface area contributed by atoms with Crippen LogP contribution in [0, 0.1) is 0 Å². The molecular formula is C22H29ClN4O5S. The molecule has 0 unspecified atom stereocenters. The number of anilines is 1. The molecule has 2 fully saturated rings. The number of nitrogens with zero attached hydrogens (tertiary/aromatic N) is 4. The van der Waals surface area contributed by atoms with E-state index >= 15 is 0 Å². The fraction of sp³-hybridized carbons (Fsp3) is 0.500. The quantitative estimate of drug-likeness (QED) is 0.641. The lowest BCUT2D eigenvalue weighted by Gasteiger charge is -2.36. The van der Waals surface area contributed by atoms with Gasteiger partial charge in [-0.05, 0) is 18.2 Å². The Morgan fingerprint density at radius 3 is 2.27 bits per heavy atom. The summed E-state index contributed by atoms with van der Waals surface area (Å²) in [6, 6.07) is 7.80. The topological polar surface area (TPSA) is 97.5 Å². The molecule has 1 aromatic carbocycles. The molecule has 2 aliphatic heterocycles. The minimum absolute atomic E-state index is 0.0333. The number of rotatable bonds is 6. The number of piperazine rings is 2. The second-order valence-corrected chi connectivity index (χ2v) is 11.0. The average Bonchev–Trinajstić information content (AvgIpc) is 2.79. The summed E-state index contributed by atoms with van der Waals surface area (Å²) in [7, 11) is -3.22. The van der Waals surface area contributed by atoms with Gasteiger partial charge in [-0.1, -0.05) is 17.7 Å². The second kappa shape index (κ2) is 10.0. The summed E-state index contributed by atoms with van der Waals surface area (Å²) in [6.07, 6.45) is 2.54. The van der Waals surface area contributed by atoms with Gasteiger partial charge in [-0.2, -0.15) is 4.31 Å². The third kappa shape index (κ3) is 5.88. The fourth-order valence-corrected chi connectivity index (χ4v) is 5.33. The van der Waals surface area contributed by atoms with Crippen molar-refractivity contribution in [3.05, 3.63) is 57.1 Å². The molecule has 1 N–H and O–H groups in total. The molecule has 11 heteroatoms. The third-order valence-electron chi connectivity index (χ3n) is 6.27. The first kappa shape index (κ1) is 24.0. The number of halogens is 1. The summed E-state index contributed by atoms with van der Waals surface area (Å²) >= 11 is 6.11. The molecule has 33 heavy (non-hydrogen) atoms. The Hall–Kier alpha value is -2.11. The van der Waals surface area contributed by atoms with Gasteiger partial charge in [-0.3, -0.25) is 9.80 Å². The highest BCUT2D eigenvalue weighted by Gasteiger charge is 2.26. The zero-order chi connectivity index (χ0) is 23.6. The van der Waals surface area contributed by atoms with E-state index in [1.54, 1.807) is 0 Å². The van der Waals surface area contributed by atoms with E-state index in [9.17, 15) is 18.3 Å². The zero-order valence-corrected chi connectivity index (χ0v) is 20.2. The first-order valence-electron chi connectivity index (χ1n) is 10.9. The van der Waals surface area contributed by atoms with Gasteiger partial charge in [0.25, 0.3) is 0 Å². The lowest BCUT2D eigenvalue weighted by molar-refractivity contribution is 0.178. The number of sulfonamides is 1. The van der Waals surface area contributed by atoms with Gasteiger partial charge >= 0.3 is 5.63 Å². The Bertz CT molecular complexity index is 1140. The number of hydrogen-bond donors (Lipinski definition) is 1. The number of benzene rings is 1. The number of aromatic hydroxyl groups is 1. The lowest BCUT2D eigenvalue weighted by atomic mass is 10.1. The molecule has 180 valence electrons. The van der Waals surface area contributed by atoms with Crippen LogP contribution in [-0.2, 0) is 23.1 Å². The zero-order valence-electron chi connectivity index (χ0n) is 18.6. The molecule has 0 amide bonds. The molecule has 0 aliphatic carbocycles. The van der Waals surface area contributed by atoms with Gasteiger partial charge in [-0.25, -0.2) is 13.2 Å². The minimum Gasteiger partial charge on any atom is -0.507 e. The predicted octanol–water partition coefficient (Wildman–Crippen LogP) is 1.40. The van der Waals surface area contributed by atoms with Crippen LogP contribution in [0.5, 0.6) is 5.75 Å². The van der Waals surface area contributed by atoms with Crippen molar-refractivity contribution in [2.75, 3.05) is 63.5 Å². The van der Waals surface area contributed by atoms with E-state index < -0.39 is 15.6 Å². The first-order valence-corrected chi connectivity index (χ1v) is 13.2. The molecule has 3 heterocycles. The van der Waals surface area contributed by atoms with Crippen LogP contribution in [-0.4, -0.2) is 86.2 Å². The van der Waals surface area contributed by atoms with Crippen LogP contribution >= 0.6 is 11.6 Å². The monoisotopic (exact) mass is 496 g/mol. The summed E-state index contributed by atoms with van der Waals surface area (Å²) < 4.78 is 30.1. The molecule has 9 nitrogen and oxygen atoms in total. The summed E-state index contributed by atoms with van der Waals surface area (Å²) in [5.41, 5.74) is 1.33. The molecule has 0 atom stereocenters. The minimum atomic E-state index is -3.22. The Balaban J connectivity index is 1.37. The first-order chi connectivity index (χ1) is 15.7. The van der Waals surface area contributed by atoms with Crippen LogP contribution in [0.25, 0.3) is 0 Å². The molecule has 4 rings (SSSR count). The molecular weight excluding hydrogens is 468 g/mol. The Morgan fingerprint density at radius 2 is 1.64 bits per heavy atom. The van der Waals surface area contributed by atoms with Gasteiger partial charge in [0, 0.05) is 81.7 Å². The van der Waals surface area contributed by atoms with Crippen LogP contribution in [0.15, 0.2) is 39.7 Å². The van der Waals surface area contributed by atoms with Gasteiger partial charge in [-0.15, -0.1) is 0 Å². The van der Waals surface area contributed by atoms with Crippen LogP contribution in [0.4, 0.5) is 5.69 Å². The summed E-state index contributed by atoms with van der Waals surface area (Å²) in [4.78, 5) is 18.8. The molecule has 2 saturated heterocycles. The maximum atomic E-state index is 12.3. The van der Waals surface area contributed by atoms with Gasteiger partial charge in [0.2, 0.25) is 10.0 Å². The van der Waals surface area contributed by atoms with E-state index in [2.05, 4.69) is 9.80 Å². The van der Waals surface area contributed by atoms with Crippen LogP contribution in [0.1, 0.15) is 11.1 Å². The summed E-state index contributed by atoms with van der Waals surface area (Å²) in [6.45, 7) is 5.66. The fourth-order valence-electron chi connectivity index (χ4n) is 4.31. The molecule has 0 spiro atoms. The van der Waals surface area contributed by atoms with Gasteiger partial charge in [0.05, 0.1) is 11.8 Å². The van der Waals surface area contributed by atoms with Gasteiger partial charge in [0.1, 0.15) is 12.0 Å². The van der Waals surface area contributed by atoms with Crippen molar-refractivity contribution in [3.63, 3.8) is 0 Å². The van der Waals surface area contributed by atoms with Crippen LogP contribution in [0.3, 0.4) is 0 Å². The van der Waals surface area contributed by atoms with Crippen molar-refractivity contribution >= 4 is 27.3 Å². The van der Waals surface area contributed by atoms with E-state index in [0.29, 0.717) is 43.3 Å². The van der Waals surface area contributed by atoms with Crippen molar-refractivity contribution < 1.29 is 17.9 Å². The van der Waals surface area contributed by atoms with E-state index in [1.807, 2.05) is 29.2 Å².